The molecule has 4 rings (SSSR count). The Morgan fingerprint density at radius 2 is 1.90 bits per heavy atom. The zero-order valence-electron chi connectivity index (χ0n) is 18.0. The molecule has 0 spiro atoms. The second kappa shape index (κ2) is 9.27. The van der Waals surface area contributed by atoms with Crippen LogP contribution in [0.5, 0.6) is 0 Å². The van der Waals surface area contributed by atoms with E-state index in [0.717, 1.165) is 53.7 Å². The molecular formula is C25H27N3O3. The van der Waals surface area contributed by atoms with Gasteiger partial charge in [-0.25, -0.2) is 4.79 Å². The largest absolute Gasteiger partial charge is 0.452 e. The Hall–Kier alpha value is -3.25. The minimum Gasteiger partial charge on any atom is -0.452 e. The fourth-order valence-corrected chi connectivity index (χ4v) is 4.02. The van der Waals surface area contributed by atoms with Gasteiger partial charge in [-0.3, -0.25) is 14.7 Å². The van der Waals surface area contributed by atoms with Crippen LogP contribution >= 0.6 is 0 Å². The lowest BCUT2D eigenvalue weighted by Crippen LogP contribution is -2.33. The van der Waals surface area contributed by atoms with E-state index >= 15 is 0 Å². The first-order valence-corrected chi connectivity index (χ1v) is 10.7. The second-order valence-corrected chi connectivity index (χ2v) is 7.95. The van der Waals surface area contributed by atoms with E-state index in [9.17, 15) is 9.59 Å². The maximum atomic E-state index is 13.1. The van der Waals surface area contributed by atoms with Crippen LogP contribution in [0.15, 0.2) is 48.5 Å². The molecule has 1 amide bonds. The van der Waals surface area contributed by atoms with E-state index in [1.54, 1.807) is 0 Å². The Morgan fingerprint density at radius 3 is 2.68 bits per heavy atom. The van der Waals surface area contributed by atoms with Gasteiger partial charge in [-0.05, 0) is 38.1 Å². The number of carbonyl (C=O) groups excluding carboxylic acids is 2. The molecule has 0 saturated heterocycles. The van der Waals surface area contributed by atoms with E-state index in [4.69, 9.17) is 9.72 Å². The summed E-state index contributed by atoms with van der Waals surface area (Å²) in [6, 6.07) is 15.1. The predicted molar refractivity (Wildman–Crippen MR) is 121 cm³/mol. The van der Waals surface area contributed by atoms with Gasteiger partial charge >= 0.3 is 5.97 Å². The van der Waals surface area contributed by atoms with E-state index in [0.29, 0.717) is 17.8 Å². The Kier molecular flexibility index (Phi) is 6.28. The van der Waals surface area contributed by atoms with Crippen molar-refractivity contribution in [1.82, 2.24) is 9.88 Å². The fraction of sp³-hybridized carbons (Fsp3) is 0.320. The molecule has 0 bridgehead atoms. The number of ether oxygens (including phenoxy) is 1. The highest BCUT2D eigenvalue weighted by molar-refractivity contribution is 6.06. The van der Waals surface area contributed by atoms with Crippen molar-refractivity contribution in [1.29, 1.82) is 0 Å². The number of pyridine rings is 1. The molecule has 0 radical (unpaired) electrons. The van der Waals surface area contributed by atoms with Crippen molar-refractivity contribution < 1.29 is 14.3 Å². The summed E-state index contributed by atoms with van der Waals surface area (Å²) >= 11 is 0. The first kappa shape index (κ1) is 21.0. The summed E-state index contributed by atoms with van der Waals surface area (Å²) in [5.41, 5.74) is 4.96. The van der Waals surface area contributed by atoms with E-state index in [1.807, 2.05) is 55.5 Å². The van der Waals surface area contributed by atoms with Crippen molar-refractivity contribution in [3.63, 3.8) is 0 Å². The van der Waals surface area contributed by atoms with E-state index in [2.05, 4.69) is 17.1 Å². The van der Waals surface area contributed by atoms with Gasteiger partial charge in [0.1, 0.15) is 0 Å². The minimum atomic E-state index is -0.479. The monoisotopic (exact) mass is 417 g/mol. The summed E-state index contributed by atoms with van der Waals surface area (Å²) in [5, 5.41) is 3.53. The van der Waals surface area contributed by atoms with Gasteiger partial charge in [-0.1, -0.05) is 42.8 Å². The number of nitrogens with one attached hydrogen (secondary N) is 1. The number of esters is 1. The summed E-state index contributed by atoms with van der Waals surface area (Å²) in [7, 11) is 0. The molecular weight excluding hydrogens is 390 g/mol. The summed E-state index contributed by atoms with van der Waals surface area (Å²) < 4.78 is 5.46. The molecule has 1 N–H and O–H groups in total. The number of nitrogens with zero attached hydrogens (tertiary/aromatic N) is 2. The van der Waals surface area contributed by atoms with Gasteiger partial charge in [0.05, 0.1) is 11.1 Å². The molecule has 6 nitrogen and oxygen atoms in total. The average Bonchev–Trinajstić information content (AvgIpc) is 2.77. The molecule has 1 aromatic heterocycles. The molecule has 0 saturated carbocycles. The highest BCUT2D eigenvalue weighted by atomic mass is 16.5. The Labute approximate surface area is 182 Å². The molecule has 1 aliphatic heterocycles. The molecule has 160 valence electrons. The molecule has 1 aliphatic rings. The van der Waals surface area contributed by atoms with E-state index in [1.165, 1.54) is 0 Å². The third-order valence-corrected chi connectivity index (χ3v) is 5.54. The SMILES string of the molecule is CCCN1CCc2nc3ccccc3c(C(=O)OCC(=O)Nc3ccc(C)cc3)c2C1. The fourth-order valence-electron chi connectivity index (χ4n) is 4.02. The minimum absolute atomic E-state index is 0.337. The molecule has 2 heterocycles. The Balaban J connectivity index is 1.56. The molecule has 2 aromatic carbocycles. The second-order valence-electron chi connectivity index (χ2n) is 7.95. The van der Waals surface area contributed by atoms with Gasteiger partial charge < -0.3 is 10.1 Å². The number of para-hydroxylation sites is 1. The number of anilines is 1. The number of aryl methyl sites for hydroxylation is 1. The van der Waals surface area contributed by atoms with Crippen molar-refractivity contribution in [2.45, 2.75) is 33.2 Å². The maximum absolute atomic E-state index is 13.1. The number of hydrogen-bond donors (Lipinski definition) is 1. The van der Waals surface area contributed by atoms with Gasteiger partial charge in [0.25, 0.3) is 5.91 Å². The zero-order chi connectivity index (χ0) is 21.8. The van der Waals surface area contributed by atoms with Crippen LogP contribution in [0.2, 0.25) is 0 Å². The van der Waals surface area contributed by atoms with Crippen LogP contribution < -0.4 is 5.32 Å². The molecule has 3 aromatic rings. The van der Waals surface area contributed by atoms with Gasteiger partial charge in [-0.15, -0.1) is 0 Å². The third-order valence-electron chi connectivity index (χ3n) is 5.54. The first-order chi connectivity index (χ1) is 15.0. The van der Waals surface area contributed by atoms with Crippen LogP contribution in [0, 0.1) is 6.92 Å². The van der Waals surface area contributed by atoms with Gasteiger partial charge in [0, 0.05) is 41.8 Å². The lowest BCUT2D eigenvalue weighted by Gasteiger charge is -2.29. The number of aromatic nitrogens is 1. The van der Waals surface area contributed by atoms with Crippen LogP contribution in [0.1, 0.15) is 40.5 Å². The molecule has 31 heavy (non-hydrogen) atoms. The maximum Gasteiger partial charge on any atom is 0.339 e. The lowest BCUT2D eigenvalue weighted by molar-refractivity contribution is -0.119. The third kappa shape index (κ3) is 4.75. The summed E-state index contributed by atoms with van der Waals surface area (Å²) in [6.45, 7) is 6.36. The molecule has 0 atom stereocenters. The molecule has 0 aliphatic carbocycles. The van der Waals surface area contributed by atoms with Gasteiger partial charge in [0.15, 0.2) is 6.61 Å². The van der Waals surface area contributed by atoms with Crippen molar-refractivity contribution in [3.8, 4) is 0 Å². The quantitative estimate of drug-likeness (QED) is 0.611. The summed E-state index contributed by atoms with van der Waals surface area (Å²) in [5.74, 6) is -0.843. The van der Waals surface area contributed by atoms with Crippen molar-refractivity contribution in [2.75, 3.05) is 25.0 Å². The van der Waals surface area contributed by atoms with Gasteiger partial charge in [-0.2, -0.15) is 0 Å². The lowest BCUT2D eigenvalue weighted by atomic mass is 9.95. The number of fused-ring (bicyclic) bond motifs is 2. The van der Waals surface area contributed by atoms with E-state index < -0.39 is 5.97 Å². The smallest absolute Gasteiger partial charge is 0.339 e. The molecule has 0 unspecified atom stereocenters. The number of rotatable bonds is 6. The Bertz CT molecular complexity index is 1110. The van der Waals surface area contributed by atoms with Crippen LogP contribution in [0.3, 0.4) is 0 Å². The van der Waals surface area contributed by atoms with Crippen LogP contribution in [-0.2, 0) is 22.5 Å². The standard InChI is InChI=1S/C25H27N3O3/c1-3-13-28-14-12-22-20(15-28)24(19-6-4-5-7-21(19)27-22)25(30)31-16-23(29)26-18-10-8-17(2)9-11-18/h4-11H,3,12-16H2,1-2H3,(H,26,29). The van der Waals surface area contributed by atoms with E-state index in [-0.39, 0.29) is 12.5 Å². The van der Waals surface area contributed by atoms with Crippen LogP contribution in [0.25, 0.3) is 10.9 Å². The highest BCUT2D eigenvalue weighted by Gasteiger charge is 2.26. The average molecular weight is 418 g/mol. The van der Waals surface area contributed by atoms with Crippen molar-refractivity contribution in [2.24, 2.45) is 0 Å². The number of benzene rings is 2. The van der Waals surface area contributed by atoms with Crippen LogP contribution in [-0.4, -0.2) is 41.5 Å². The predicted octanol–water partition coefficient (Wildman–Crippen LogP) is 4.11. The zero-order valence-corrected chi connectivity index (χ0v) is 18.0. The molecule has 0 fully saturated rings. The number of hydrogen-bond acceptors (Lipinski definition) is 5. The van der Waals surface area contributed by atoms with Crippen molar-refractivity contribution in [3.05, 3.63) is 70.9 Å². The normalized spacial score (nSPS) is 13.6. The summed E-state index contributed by atoms with van der Waals surface area (Å²) in [4.78, 5) is 32.6. The first-order valence-electron chi connectivity index (χ1n) is 10.7. The molecule has 6 heteroatoms. The highest BCUT2D eigenvalue weighted by Crippen LogP contribution is 2.29. The number of carbonyl (C=O) groups is 2. The Morgan fingerprint density at radius 1 is 1.13 bits per heavy atom. The van der Waals surface area contributed by atoms with Gasteiger partial charge in [0.2, 0.25) is 0 Å². The van der Waals surface area contributed by atoms with Crippen molar-refractivity contribution >= 4 is 28.5 Å². The summed E-state index contributed by atoms with van der Waals surface area (Å²) in [6.07, 6.45) is 1.85. The van der Waals surface area contributed by atoms with Crippen LogP contribution in [0.4, 0.5) is 5.69 Å². The number of amides is 1. The topological polar surface area (TPSA) is 71.5 Å².